The van der Waals surface area contributed by atoms with Gasteiger partial charge in [-0.3, -0.25) is 9.59 Å². The van der Waals surface area contributed by atoms with Crippen molar-refractivity contribution in [2.45, 2.75) is 38.8 Å². The van der Waals surface area contributed by atoms with Crippen LogP contribution in [0.15, 0.2) is 35.3 Å². The number of aromatic nitrogens is 2. The number of rotatable bonds is 7. The van der Waals surface area contributed by atoms with E-state index in [1.165, 1.54) is 6.20 Å². The fraction of sp³-hybridized carbons (Fsp3) is 0.375. The number of amides is 1. The van der Waals surface area contributed by atoms with Crippen molar-refractivity contribution in [1.29, 1.82) is 0 Å². The van der Waals surface area contributed by atoms with Crippen molar-refractivity contribution in [2.75, 3.05) is 0 Å². The van der Waals surface area contributed by atoms with Gasteiger partial charge in [-0.1, -0.05) is 38.0 Å². The molecule has 1 atom stereocenters. The topological polar surface area (TPSA) is 101 Å². The van der Waals surface area contributed by atoms with Crippen LogP contribution in [0.5, 0.6) is 0 Å². The molecule has 122 valence electrons. The van der Waals surface area contributed by atoms with Crippen LogP contribution in [0.1, 0.15) is 26.2 Å². The number of nitrogens with one attached hydrogen (secondary N) is 1. The molecular formula is C16H19N3O4. The van der Waals surface area contributed by atoms with E-state index in [-0.39, 0.29) is 12.1 Å². The molecule has 0 saturated heterocycles. The van der Waals surface area contributed by atoms with Crippen molar-refractivity contribution < 1.29 is 14.7 Å². The minimum atomic E-state index is -1.08. The highest BCUT2D eigenvalue weighted by molar-refractivity contribution is 5.84. The minimum absolute atomic E-state index is 0.306. The first-order valence-electron chi connectivity index (χ1n) is 7.50. The van der Waals surface area contributed by atoms with Crippen LogP contribution in [0, 0.1) is 0 Å². The van der Waals surface area contributed by atoms with Gasteiger partial charge in [-0.05, 0) is 12.5 Å². The number of carbonyl (C=O) groups excluding carboxylic acids is 1. The molecule has 0 bridgehead atoms. The van der Waals surface area contributed by atoms with Gasteiger partial charge in [-0.2, -0.15) is 5.10 Å². The maximum absolute atomic E-state index is 12.3. The van der Waals surface area contributed by atoms with Crippen LogP contribution >= 0.6 is 0 Å². The Morgan fingerprint density at radius 3 is 2.78 bits per heavy atom. The minimum Gasteiger partial charge on any atom is -0.480 e. The number of carboxylic acids is 1. The maximum atomic E-state index is 12.3. The summed E-state index contributed by atoms with van der Waals surface area (Å²) in [6.07, 6.45) is 3.41. The predicted octanol–water partition coefficient (Wildman–Crippen LogP) is 1.16. The zero-order valence-corrected chi connectivity index (χ0v) is 12.9. The van der Waals surface area contributed by atoms with E-state index in [1.54, 1.807) is 24.3 Å². The third-order valence-corrected chi connectivity index (χ3v) is 3.53. The molecule has 7 heteroatoms. The molecule has 2 aromatic rings. The molecule has 0 radical (unpaired) electrons. The van der Waals surface area contributed by atoms with Gasteiger partial charge in [0.2, 0.25) is 5.91 Å². The lowest BCUT2D eigenvalue weighted by Gasteiger charge is -2.14. The summed E-state index contributed by atoms with van der Waals surface area (Å²) in [4.78, 5) is 35.4. The van der Waals surface area contributed by atoms with Gasteiger partial charge in [-0.25, -0.2) is 9.48 Å². The van der Waals surface area contributed by atoms with E-state index in [1.807, 2.05) is 6.92 Å². The first-order chi connectivity index (χ1) is 11.0. The highest BCUT2D eigenvalue weighted by atomic mass is 16.4. The Labute approximate surface area is 132 Å². The summed E-state index contributed by atoms with van der Waals surface area (Å²) in [7, 11) is 0. The summed E-state index contributed by atoms with van der Waals surface area (Å²) in [5, 5.41) is 16.7. The van der Waals surface area contributed by atoms with Crippen molar-refractivity contribution in [2.24, 2.45) is 0 Å². The van der Waals surface area contributed by atoms with Gasteiger partial charge in [-0.15, -0.1) is 0 Å². The molecule has 23 heavy (non-hydrogen) atoms. The number of fused-ring (bicyclic) bond motifs is 1. The van der Waals surface area contributed by atoms with E-state index in [4.69, 9.17) is 5.11 Å². The number of carboxylic acid groups (broad SMARTS) is 1. The molecule has 0 aliphatic carbocycles. The fourth-order valence-corrected chi connectivity index (χ4v) is 2.28. The lowest BCUT2D eigenvalue weighted by Crippen LogP contribution is -2.43. The molecule has 0 aliphatic heterocycles. The van der Waals surface area contributed by atoms with Crippen LogP contribution < -0.4 is 10.9 Å². The number of unbranched alkanes of at least 4 members (excludes halogenated alkanes) is 1. The first kappa shape index (κ1) is 16.7. The molecule has 0 spiro atoms. The molecule has 2 rings (SSSR count). The number of aliphatic carboxylic acids is 1. The smallest absolute Gasteiger partial charge is 0.326 e. The van der Waals surface area contributed by atoms with Gasteiger partial charge in [0.1, 0.15) is 12.6 Å². The quantitative estimate of drug-likeness (QED) is 0.798. The number of hydrogen-bond donors (Lipinski definition) is 2. The zero-order chi connectivity index (χ0) is 16.8. The van der Waals surface area contributed by atoms with E-state index in [9.17, 15) is 14.4 Å². The number of hydrogen-bond acceptors (Lipinski definition) is 4. The molecule has 7 nitrogen and oxygen atoms in total. The second-order valence-electron chi connectivity index (χ2n) is 5.30. The third kappa shape index (κ3) is 4.15. The Balaban J connectivity index is 2.12. The second kappa shape index (κ2) is 7.53. The summed E-state index contributed by atoms with van der Waals surface area (Å²) in [6.45, 7) is 1.64. The average Bonchev–Trinajstić information content (AvgIpc) is 2.54. The normalized spacial score (nSPS) is 12.0. The van der Waals surface area contributed by atoms with Gasteiger partial charge in [0, 0.05) is 5.39 Å². The Kier molecular flexibility index (Phi) is 5.46. The van der Waals surface area contributed by atoms with Gasteiger partial charge in [0.05, 0.1) is 11.6 Å². The molecule has 2 N–H and O–H groups in total. The summed E-state index contributed by atoms with van der Waals surface area (Å²) >= 11 is 0. The monoisotopic (exact) mass is 317 g/mol. The van der Waals surface area contributed by atoms with Crippen molar-refractivity contribution >= 4 is 22.6 Å². The van der Waals surface area contributed by atoms with Gasteiger partial charge in [0.25, 0.3) is 5.56 Å². The van der Waals surface area contributed by atoms with Crippen LogP contribution in [0.25, 0.3) is 10.8 Å². The number of benzene rings is 1. The SMILES string of the molecule is CCCC[C@H](NC(=O)Cn1ncc2ccccc2c1=O)C(=O)O. The molecule has 1 amide bonds. The van der Waals surface area contributed by atoms with Gasteiger partial charge < -0.3 is 10.4 Å². The van der Waals surface area contributed by atoms with Crippen molar-refractivity contribution in [3.8, 4) is 0 Å². The van der Waals surface area contributed by atoms with Gasteiger partial charge >= 0.3 is 5.97 Å². The summed E-state index contributed by atoms with van der Waals surface area (Å²) in [6, 6.07) is 6.01. The average molecular weight is 317 g/mol. The molecule has 1 aromatic heterocycles. The second-order valence-corrected chi connectivity index (χ2v) is 5.30. The van der Waals surface area contributed by atoms with Crippen LogP contribution in [0.2, 0.25) is 0 Å². The third-order valence-electron chi connectivity index (χ3n) is 3.53. The van der Waals surface area contributed by atoms with Gasteiger partial charge in [0.15, 0.2) is 0 Å². The van der Waals surface area contributed by atoms with Crippen molar-refractivity contribution in [3.05, 3.63) is 40.8 Å². The van der Waals surface area contributed by atoms with Crippen LogP contribution in [0.3, 0.4) is 0 Å². The predicted molar refractivity (Wildman–Crippen MR) is 85.1 cm³/mol. The standard InChI is InChI=1S/C16H19N3O4/c1-2-3-8-13(16(22)23)18-14(20)10-19-15(21)12-7-5-4-6-11(12)9-17-19/h4-7,9,13H,2-3,8,10H2,1H3,(H,18,20)(H,22,23)/t13-/m0/s1. The maximum Gasteiger partial charge on any atom is 0.326 e. The lowest BCUT2D eigenvalue weighted by atomic mass is 10.1. The van der Waals surface area contributed by atoms with Crippen molar-refractivity contribution in [3.63, 3.8) is 0 Å². The Bertz CT molecular complexity index is 769. The summed E-state index contributed by atoms with van der Waals surface area (Å²) in [5.41, 5.74) is -0.376. The molecule has 0 saturated carbocycles. The largest absolute Gasteiger partial charge is 0.480 e. The van der Waals surface area contributed by atoms with E-state index < -0.39 is 17.9 Å². The van der Waals surface area contributed by atoms with E-state index in [0.29, 0.717) is 23.6 Å². The Morgan fingerprint density at radius 1 is 1.35 bits per heavy atom. The van der Waals surface area contributed by atoms with Crippen LogP contribution in [-0.4, -0.2) is 32.8 Å². The lowest BCUT2D eigenvalue weighted by molar-refractivity contribution is -0.142. The van der Waals surface area contributed by atoms with E-state index in [0.717, 1.165) is 11.1 Å². The molecule has 0 aliphatic rings. The molecule has 0 unspecified atom stereocenters. The Hall–Kier alpha value is -2.70. The molecule has 1 heterocycles. The molecular weight excluding hydrogens is 298 g/mol. The van der Waals surface area contributed by atoms with E-state index in [2.05, 4.69) is 10.4 Å². The fourth-order valence-electron chi connectivity index (χ4n) is 2.28. The molecule has 0 fully saturated rings. The van der Waals surface area contributed by atoms with Crippen LogP contribution in [0.4, 0.5) is 0 Å². The highest BCUT2D eigenvalue weighted by Gasteiger charge is 2.19. The summed E-state index contributed by atoms with van der Waals surface area (Å²) < 4.78 is 1.04. The highest BCUT2D eigenvalue weighted by Crippen LogP contribution is 2.06. The number of carbonyl (C=O) groups is 2. The summed E-state index contributed by atoms with van der Waals surface area (Å²) in [5.74, 6) is -1.62. The Morgan fingerprint density at radius 2 is 2.09 bits per heavy atom. The first-order valence-corrected chi connectivity index (χ1v) is 7.50. The van der Waals surface area contributed by atoms with Crippen molar-refractivity contribution in [1.82, 2.24) is 15.1 Å². The number of nitrogens with zero attached hydrogens (tertiary/aromatic N) is 2. The zero-order valence-electron chi connectivity index (χ0n) is 12.9. The van der Waals surface area contributed by atoms with E-state index >= 15 is 0 Å². The van der Waals surface area contributed by atoms with Crippen LogP contribution in [-0.2, 0) is 16.1 Å². The molecule has 1 aromatic carbocycles.